The van der Waals surface area contributed by atoms with Crippen LogP contribution in [0.25, 0.3) is 5.65 Å². The zero-order valence-electron chi connectivity index (χ0n) is 15.8. The first-order chi connectivity index (χ1) is 13.1. The monoisotopic (exact) mass is 364 g/mol. The van der Waals surface area contributed by atoms with Crippen LogP contribution in [-0.2, 0) is 11.3 Å². The van der Waals surface area contributed by atoms with E-state index in [2.05, 4.69) is 9.97 Å². The molecule has 140 valence electrons. The van der Waals surface area contributed by atoms with Gasteiger partial charge >= 0.3 is 0 Å². The third-order valence-electron chi connectivity index (χ3n) is 5.04. The van der Waals surface area contributed by atoms with Crippen molar-refractivity contribution in [3.05, 3.63) is 65.4 Å². The highest BCUT2D eigenvalue weighted by molar-refractivity contribution is 5.94. The molecule has 4 heterocycles. The molecule has 3 aromatic heterocycles. The average molecular weight is 364 g/mol. The van der Waals surface area contributed by atoms with Crippen molar-refractivity contribution in [2.45, 2.75) is 39.3 Å². The van der Waals surface area contributed by atoms with Crippen molar-refractivity contribution in [2.24, 2.45) is 0 Å². The van der Waals surface area contributed by atoms with Crippen LogP contribution < -0.4 is 0 Å². The number of carbonyl (C=O) groups is 1. The minimum Gasteiger partial charge on any atom is -0.376 e. The van der Waals surface area contributed by atoms with Gasteiger partial charge in [0.1, 0.15) is 11.3 Å². The highest BCUT2D eigenvalue weighted by Crippen LogP contribution is 2.20. The number of ether oxygens (including phenoxy) is 1. The van der Waals surface area contributed by atoms with E-state index in [-0.39, 0.29) is 12.0 Å². The Balaban J connectivity index is 1.69. The average Bonchev–Trinajstić information content (AvgIpc) is 3.29. The molecule has 6 heteroatoms. The standard InChI is InChI=1S/C21H24N4O2/c1-15-7-5-11-25-19(16(2)23-20(15)25)21(26)24(14-18-9-6-12-27-18)13-17-8-3-4-10-22-17/h3-5,7-8,10-11,18H,6,9,12-14H2,1-2H3/t18-/m0/s1. The molecule has 27 heavy (non-hydrogen) atoms. The fourth-order valence-electron chi connectivity index (χ4n) is 3.67. The highest BCUT2D eigenvalue weighted by atomic mass is 16.5. The maximum atomic E-state index is 13.5. The van der Waals surface area contributed by atoms with Crippen LogP contribution in [0.2, 0.25) is 0 Å². The molecule has 1 fully saturated rings. The van der Waals surface area contributed by atoms with Gasteiger partial charge in [-0.25, -0.2) is 4.98 Å². The maximum Gasteiger partial charge on any atom is 0.273 e. The van der Waals surface area contributed by atoms with Crippen LogP contribution in [0.4, 0.5) is 0 Å². The molecule has 0 aliphatic carbocycles. The van der Waals surface area contributed by atoms with Crippen LogP contribution >= 0.6 is 0 Å². The Morgan fingerprint density at radius 1 is 1.30 bits per heavy atom. The van der Waals surface area contributed by atoms with Crippen LogP contribution in [0.5, 0.6) is 0 Å². The van der Waals surface area contributed by atoms with Gasteiger partial charge in [0.15, 0.2) is 0 Å². The van der Waals surface area contributed by atoms with E-state index in [1.54, 1.807) is 6.20 Å². The molecule has 4 rings (SSSR count). The molecule has 0 radical (unpaired) electrons. The zero-order chi connectivity index (χ0) is 18.8. The van der Waals surface area contributed by atoms with Gasteiger partial charge in [-0.2, -0.15) is 0 Å². The number of pyridine rings is 2. The van der Waals surface area contributed by atoms with Crippen molar-refractivity contribution < 1.29 is 9.53 Å². The van der Waals surface area contributed by atoms with Crippen LogP contribution in [0.1, 0.15) is 40.3 Å². The Morgan fingerprint density at radius 2 is 2.19 bits per heavy atom. The number of rotatable bonds is 5. The van der Waals surface area contributed by atoms with Crippen LogP contribution in [0, 0.1) is 13.8 Å². The normalized spacial score (nSPS) is 16.7. The number of imidazole rings is 1. The van der Waals surface area contributed by atoms with Gasteiger partial charge in [0, 0.05) is 25.5 Å². The molecule has 1 saturated heterocycles. The minimum atomic E-state index is -0.0354. The number of amides is 1. The molecule has 0 bridgehead atoms. The van der Waals surface area contributed by atoms with Crippen molar-refractivity contribution >= 4 is 11.6 Å². The van der Waals surface area contributed by atoms with E-state index in [0.717, 1.165) is 42.0 Å². The third-order valence-corrected chi connectivity index (χ3v) is 5.04. The van der Waals surface area contributed by atoms with E-state index in [9.17, 15) is 4.79 Å². The smallest absolute Gasteiger partial charge is 0.273 e. The van der Waals surface area contributed by atoms with Crippen molar-refractivity contribution in [1.82, 2.24) is 19.3 Å². The fourth-order valence-corrected chi connectivity index (χ4v) is 3.67. The van der Waals surface area contributed by atoms with Gasteiger partial charge in [-0.15, -0.1) is 0 Å². The molecule has 0 saturated carbocycles. The van der Waals surface area contributed by atoms with Gasteiger partial charge in [0.05, 0.1) is 24.0 Å². The summed E-state index contributed by atoms with van der Waals surface area (Å²) in [7, 11) is 0. The summed E-state index contributed by atoms with van der Waals surface area (Å²) in [5.41, 5.74) is 4.10. The summed E-state index contributed by atoms with van der Waals surface area (Å²) >= 11 is 0. The van der Waals surface area contributed by atoms with Gasteiger partial charge in [-0.05, 0) is 50.5 Å². The van der Waals surface area contributed by atoms with Crippen molar-refractivity contribution in [3.8, 4) is 0 Å². The van der Waals surface area contributed by atoms with Crippen LogP contribution in [-0.4, -0.2) is 44.4 Å². The molecule has 1 atom stereocenters. The van der Waals surface area contributed by atoms with Crippen LogP contribution in [0.3, 0.4) is 0 Å². The van der Waals surface area contributed by atoms with Crippen LogP contribution in [0.15, 0.2) is 42.7 Å². The summed E-state index contributed by atoms with van der Waals surface area (Å²) in [5.74, 6) is -0.0354. The van der Waals surface area contributed by atoms with Crippen molar-refractivity contribution in [1.29, 1.82) is 0 Å². The number of fused-ring (bicyclic) bond motifs is 1. The lowest BCUT2D eigenvalue weighted by molar-refractivity contribution is 0.0498. The molecule has 6 nitrogen and oxygen atoms in total. The number of hydrogen-bond acceptors (Lipinski definition) is 4. The number of aromatic nitrogens is 3. The quantitative estimate of drug-likeness (QED) is 0.698. The van der Waals surface area contributed by atoms with E-state index >= 15 is 0 Å². The first-order valence-electron chi connectivity index (χ1n) is 9.38. The molecule has 0 aromatic carbocycles. The van der Waals surface area contributed by atoms with Gasteiger partial charge in [-0.1, -0.05) is 12.1 Å². The Bertz CT molecular complexity index is 945. The largest absolute Gasteiger partial charge is 0.376 e. The summed E-state index contributed by atoms with van der Waals surface area (Å²) in [4.78, 5) is 24.4. The number of aryl methyl sites for hydroxylation is 2. The summed E-state index contributed by atoms with van der Waals surface area (Å²) in [6, 6.07) is 9.73. The van der Waals surface area contributed by atoms with Gasteiger partial charge in [-0.3, -0.25) is 14.2 Å². The lowest BCUT2D eigenvalue weighted by Gasteiger charge is -2.25. The Hall–Kier alpha value is -2.73. The lowest BCUT2D eigenvalue weighted by Crippen LogP contribution is -2.38. The second kappa shape index (κ2) is 7.48. The molecule has 1 aliphatic rings. The number of carbonyl (C=O) groups excluding carboxylic acids is 1. The highest BCUT2D eigenvalue weighted by Gasteiger charge is 2.27. The van der Waals surface area contributed by atoms with Gasteiger partial charge in [0.2, 0.25) is 0 Å². The summed E-state index contributed by atoms with van der Waals surface area (Å²) in [6.45, 7) is 5.69. The van der Waals surface area contributed by atoms with E-state index in [0.29, 0.717) is 18.8 Å². The zero-order valence-corrected chi connectivity index (χ0v) is 15.8. The summed E-state index contributed by atoms with van der Waals surface area (Å²) in [5, 5.41) is 0. The van der Waals surface area contributed by atoms with E-state index in [1.165, 1.54) is 0 Å². The van der Waals surface area contributed by atoms with Gasteiger partial charge in [0.25, 0.3) is 5.91 Å². The van der Waals surface area contributed by atoms with E-state index < -0.39 is 0 Å². The third kappa shape index (κ3) is 3.57. The molecule has 0 spiro atoms. The molecular weight excluding hydrogens is 340 g/mol. The first kappa shape index (κ1) is 17.7. The minimum absolute atomic E-state index is 0.0354. The predicted octanol–water partition coefficient (Wildman–Crippen LogP) is 3.17. The predicted molar refractivity (Wildman–Crippen MR) is 103 cm³/mol. The molecule has 1 amide bonds. The number of nitrogens with zero attached hydrogens (tertiary/aromatic N) is 4. The summed E-state index contributed by atoms with van der Waals surface area (Å²) < 4.78 is 7.69. The SMILES string of the molecule is Cc1nc2c(C)cccn2c1C(=O)N(Cc1ccccn1)C[C@@H]1CCCO1. The topological polar surface area (TPSA) is 59.7 Å². The fraction of sp³-hybridized carbons (Fsp3) is 0.381. The Morgan fingerprint density at radius 3 is 2.93 bits per heavy atom. The first-order valence-corrected chi connectivity index (χ1v) is 9.38. The second-order valence-electron chi connectivity index (χ2n) is 7.07. The Labute approximate surface area is 158 Å². The molecule has 1 aliphatic heterocycles. The van der Waals surface area contributed by atoms with Gasteiger partial charge < -0.3 is 9.64 Å². The number of hydrogen-bond donors (Lipinski definition) is 0. The summed E-state index contributed by atoms with van der Waals surface area (Å²) in [6.07, 6.45) is 5.77. The van der Waals surface area contributed by atoms with E-state index in [1.807, 2.05) is 59.7 Å². The Kier molecular flexibility index (Phi) is 4.90. The van der Waals surface area contributed by atoms with E-state index in [4.69, 9.17) is 4.74 Å². The maximum absolute atomic E-state index is 13.5. The molecule has 0 unspecified atom stereocenters. The molecular formula is C21H24N4O2. The molecule has 0 N–H and O–H groups in total. The molecule has 3 aromatic rings. The van der Waals surface area contributed by atoms with Crippen molar-refractivity contribution in [2.75, 3.05) is 13.2 Å². The lowest BCUT2D eigenvalue weighted by atomic mass is 10.2. The second-order valence-corrected chi connectivity index (χ2v) is 7.07. The van der Waals surface area contributed by atoms with Crippen molar-refractivity contribution in [3.63, 3.8) is 0 Å².